The molecule has 1 atom stereocenters. The van der Waals surface area contributed by atoms with Crippen LogP contribution in [0.5, 0.6) is 0 Å². The van der Waals surface area contributed by atoms with Crippen LogP contribution in [-0.2, 0) is 0 Å². The largest absolute Gasteiger partial charge is 0.348 e. The van der Waals surface area contributed by atoms with Crippen molar-refractivity contribution in [3.05, 3.63) is 54.4 Å². The molecule has 2 fully saturated rings. The van der Waals surface area contributed by atoms with Crippen molar-refractivity contribution < 1.29 is 4.79 Å². The molecule has 4 aromatic rings. The van der Waals surface area contributed by atoms with Gasteiger partial charge in [0.05, 0.1) is 6.04 Å². The molecule has 1 saturated heterocycles. The minimum Gasteiger partial charge on any atom is -0.348 e. The van der Waals surface area contributed by atoms with Gasteiger partial charge >= 0.3 is 0 Å². The Kier molecular flexibility index (Phi) is 4.44. The summed E-state index contributed by atoms with van der Waals surface area (Å²) in [6.45, 7) is 0.827. The zero-order valence-corrected chi connectivity index (χ0v) is 17.3. The van der Waals surface area contributed by atoms with Gasteiger partial charge < -0.3 is 15.5 Å². The van der Waals surface area contributed by atoms with Crippen LogP contribution in [0.1, 0.15) is 48.0 Å². The molecule has 5 heterocycles. The Bertz CT molecular complexity index is 1260. The second kappa shape index (κ2) is 7.59. The highest BCUT2D eigenvalue weighted by atomic mass is 16.2. The van der Waals surface area contributed by atoms with Crippen molar-refractivity contribution in [3.8, 4) is 0 Å². The number of H-pyrrole nitrogens is 1. The predicted octanol–water partition coefficient (Wildman–Crippen LogP) is 2.22. The molecule has 1 aliphatic heterocycles. The van der Waals surface area contributed by atoms with Crippen LogP contribution < -0.4 is 15.5 Å². The van der Waals surface area contributed by atoms with E-state index >= 15 is 0 Å². The first-order valence-electron chi connectivity index (χ1n) is 10.8. The van der Waals surface area contributed by atoms with Crippen LogP contribution >= 0.6 is 0 Å². The maximum atomic E-state index is 12.3. The number of aromatic nitrogens is 7. The lowest BCUT2D eigenvalue weighted by Crippen LogP contribution is -2.26. The third-order valence-electron chi connectivity index (χ3n) is 5.74. The minimum absolute atomic E-state index is 0.0320. The number of carbonyl (C=O) groups is 1. The molecule has 4 aromatic heterocycles. The van der Waals surface area contributed by atoms with Gasteiger partial charge in [-0.1, -0.05) is 0 Å². The number of nitrogens with one attached hydrogen (secondary N) is 3. The summed E-state index contributed by atoms with van der Waals surface area (Å²) in [6, 6.07) is 7.67. The average Bonchev–Trinajstić information content (AvgIpc) is 3.23. The maximum Gasteiger partial charge on any atom is 0.269 e. The smallest absolute Gasteiger partial charge is 0.269 e. The molecule has 1 amide bonds. The van der Waals surface area contributed by atoms with Gasteiger partial charge in [-0.25, -0.2) is 9.97 Å². The molecule has 11 nitrogen and oxygen atoms in total. The van der Waals surface area contributed by atoms with Gasteiger partial charge in [0.2, 0.25) is 11.9 Å². The quantitative estimate of drug-likeness (QED) is 0.425. The fourth-order valence-corrected chi connectivity index (χ4v) is 4.00. The summed E-state index contributed by atoms with van der Waals surface area (Å²) in [7, 11) is 0. The second-order valence-electron chi connectivity index (χ2n) is 8.08. The van der Waals surface area contributed by atoms with E-state index in [4.69, 9.17) is 9.97 Å². The second-order valence-corrected chi connectivity index (χ2v) is 8.08. The molecule has 2 aliphatic rings. The van der Waals surface area contributed by atoms with E-state index in [9.17, 15) is 4.79 Å². The predicted molar refractivity (Wildman–Crippen MR) is 117 cm³/mol. The number of aromatic amines is 1. The van der Waals surface area contributed by atoms with Crippen molar-refractivity contribution in [2.24, 2.45) is 0 Å². The summed E-state index contributed by atoms with van der Waals surface area (Å²) in [6.07, 6.45) is 9.43. The zero-order valence-electron chi connectivity index (χ0n) is 17.3. The van der Waals surface area contributed by atoms with Crippen LogP contribution in [0, 0.1) is 0 Å². The SMILES string of the molecule is O=C(NC1CC1)c1cc(Nc2nc(N3CCCC3c3ncccn3)nc3cccn23)n[nH]1. The zero-order chi connectivity index (χ0) is 21.5. The van der Waals surface area contributed by atoms with Gasteiger partial charge in [-0.2, -0.15) is 15.1 Å². The molecule has 11 heteroatoms. The van der Waals surface area contributed by atoms with E-state index in [-0.39, 0.29) is 18.0 Å². The summed E-state index contributed by atoms with van der Waals surface area (Å²) in [5.41, 5.74) is 1.18. The van der Waals surface area contributed by atoms with E-state index in [1.54, 1.807) is 18.5 Å². The lowest BCUT2D eigenvalue weighted by Gasteiger charge is -2.24. The van der Waals surface area contributed by atoms with Gasteiger partial charge in [0, 0.05) is 37.2 Å². The Hall–Kier alpha value is -4.02. The maximum absolute atomic E-state index is 12.3. The van der Waals surface area contributed by atoms with Gasteiger partial charge in [0.25, 0.3) is 5.91 Å². The van der Waals surface area contributed by atoms with Crippen molar-refractivity contribution in [2.75, 3.05) is 16.8 Å². The van der Waals surface area contributed by atoms with E-state index in [0.717, 1.165) is 43.7 Å². The molecule has 1 unspecified atom stereocenters. The lowest BCUT2D eigenvalue weighted by atomic mass is 10.2. The number of fused-ring (bicyclic) bond motifs is 1. The summed E-state index contributed by atoms with van der Waals surface area (Å²) >= 11 is 0. The minimum atomic E-state index is -0.148. The number of anilines is 3. The fourth-order valence-electron chi connectivity index (χ4n) is 4.00. The molecule has 6 rings (SSSR count). The summed E-state index contributed by atoms with van der Waals surface area (Å²) < 4.78 is 1.85. The van der Waals surface area contributed by atoms with Gasteiger partial charge in [-0.15, -0.1) is 0 Å². The molecular formula is C21H22N10O. The molecule has 0 aromatic carbocycles. The number of rotatable bonds is 6. The fraction of sp³-hybridized carbons (Fsp3) is 0.333. The van der Waals surface area contributed by atoms with Crippen molar-refractivity contribution >= 4 is 29.3 Å². The van der Waals surface area contributed by atoms with Crippen molar-refractivity contribution in [1.82, 2.24) is 39.9 Å². The van der Waals surface area contributed by atoms with Gasteiger partial charge in [0.15, 0.2) is 11.6 Å². The summed E-state index contributed by atoms with van der Waals surface area (Å²) in [5.74, 6) is 2.31. The van der Waals surface area contributed by atoms with Crippen molar-refractivity contribution in [2.45, 2.75) is 37.8 Å². The molecule has 3 N–H and O–H groups in total. The van der Waals surface area contributed by atoms with Crippen LogP contribution in [0.25, 0.3) is 5.65 Å². The number of hydrogen-bond acceptors (Lipinski definition) is 8. The normalized spacial score (nSPS) is 18.2. The highest BCUT2D eigenvalue weighted by Crippen LogP contribution is 2.33. The molecule has 1 saturated carbocycles. The Balaban J connectivity index is 1.30. The average molecular weight is 430 g/mol. The Labute approximate surface area is 183 Å². The van der Waals surface area contributed by atoms with Crippen LogP contribution in [0.3, 0.4) is 0 Å². The monoisotopic (exact) mass is 430 g/mol. The van der Waals surface area contributed by atoms with E-state index in [2.05, 4.69) is 35.7 Å². The highest BCUT2D eigenvalue weighted by Gasteiger charge is 2.31. The van der Waals surface area contributed by atoms with Gasteiger partial charge in [-0.3, -0.25) is 14.3 Å². The van der Waals surface area contributed by atoms with Crippen LogP contribution in [-0.4, -0.2) is 53.0 Å². The molecule has 0 radical (unpaired) electrons. The topological polar surface area (TPSA) is 129 Å². The van der Waals surface area contributed by atoms with Crippen molar-refractivity contribution in [3.63, 3.8) is 0 Å². The Morgan fingerprint density at radius 2 is 2.00 bits per heavy atom. The van der Waals surface area contributed by atoms with E-state index in [1.807, 2.05) is 28.8 Å². The molecule has 0 spiro atoms. The number of amides is 1. The molecular weight excluding hydrogens is 408 g/mol. The third-order valence-corrected chi connectivity index (χ3v) is 5.74. The third kappa shape index (κ3) is 3.51. The molecule has 0 bridgehead atoms. The Morgan fingerprint density at radius 3 is 2.84 bits per heavy atom. The van der Waals surface area contributed by atoms with Crippen molar-refractivity contribution in [1.29, 1.82) is 0 Å². The van der Waals surface area contributed by atoms with Crippen LogP contribution in [0.4, 0.5) is 17.7 Å². The van der Waals surface area contributed by atoms with E-state index in [1.165, 1.54) is 0 Å². The molecule has 162 valence electrons. The molecule has 1 aliphatic carbocycles. The lowest BCUT2D eigenvalue weighted by molar-refractivity contribution is 0.0946. The van der Waals surface area contributed by atoms with Gasteiger partial charge in [0.1, 0.15) is 11.3 Å². The standard InChI is InChI=1S/C21H22N10O/c32-19(24-13-6-7-13)14-12-16(29-28-14)25-20-27-21(26-17-5-2-11-31(17)20)30-10-1-4-15(30)18-22-8-3-9-23-18/h2-3,5,8-9,11-13,15H,1,4,6-7,10H2,(H,24,32)(H2,25,26,27,28,29). The highest BCUT2D eigenvalue weighted by molar-refractivity contribution is 5.93. The summed E-state index contributed by atoms with van der Waals surface area (Å²) in [4.78, 5) is 32.9. The van der Waals surface area contributed by atoms with E-state index < -0.39 is 0 Å². The first-order chi connectivity index (χ1) is 15.7. The van der Waals surface area contributed by atoms with Crippen LogP contribution in [0.2, 0.25) is 0 Å². The molecule has 32 heavy (non-hydrogen) atoms. The van der Waals surface area contributed by atoms with E-state index in [0.29, 0.717) is 23.4 Å². The van der Waals surface area contributed by atoms with Gasteiger partial charge in [-0.05, 0) is 43.9 Å². The summed E-state index contributed by atoms with van der Waals surface area (Å²) in [5, 5.41) is 13.2. The Morgan fingerprint density at radius 1 is 1.12 bits per heavy atom. The first kappa shape index (κ1) is 18.7. The number of nitrogens with zero attached hydrogens (tertiary/aromatic N) is 7. The number of carbonyl (C=O) groups excluding carboxylic acids is 1. The number of hydrogen-bond donors (Lipinski definition) is 3. The van der Waals surface area contributed by atoms with Crippen LogP contribution in [0.15, 0.2) is 42.9 Å². The first-order valence-corrected chi connectivity index (χ1v) is 10.8.